The number of hydrogen-bond acceptors (Lipinski definition) is 2. The van der Waals surface area contributed by atoms with Crippen molar-refractivity contribution in [1.29, 1.82) is 0 Å². The van der Waals surface area contributed by atoms with Crippen LogP contribution in [0.5, 0.6) is 0 Å². The molecule has 0 atom stereocenters. The van der Waals surface area contributed by atoms with Crippen molar-refractivity contribution >= 4 is 11.4 Å². The maximum atomic E-state index is 4.36. The number of azo groups is 1. The Balaban J connectivity index is 1.47. The van der Waals surface area contributed by atoms with Crippen LogP contribution < -0.4 is 0 Å². The Hall–Kier alpha value is -3.88. The van der Waals surface area contributed by atoms with Gasteiger partial charge in [-0.3, -0.25) is 0 Å². The third-order valence-electron chi connectivity index (χ3n) is 4.25. The number of hydrogen-bond donors (Lipinski definition) is 0. The molecule has 0 aliphatic heterocycles. The predicted molar refractivity (Wildman–Crippen MR) is 114 cm³/mol. The molecule has 0 bridgehead atoms. The molecule has 28 heavy (non-hydrogen) atoms. The van der Waals surface area contributed by atoms with Gasteiger partial charge in [-0.25, -0.2) is 0 Å². The molecule has 0 amide bonds. The molecule has 2 aromatic rings. The Bertz CT molecular complexity index is 1070. The first-order valence-electron chi connectivity index (χ1n) is 9.22. The topological polar surface area (TPSA) is 24.7 Å². The van der Waals surface area contributed by atoms with Crippen LogP contribution in [0.4, 0.5) is 11.4 Å². The van der Waals surface area contributed by atoms with Crippen LogP contribution in [-0.4, -0.2) is 0 Å². The van der Waals surface area contributed by atoms with Gasteiger partial charge in [-0.1, -0.05) is 72.3 Å². The average molecular weight is 358 g/mol. The third-order valence-corrected chi connectivity index (χ3v) is 4.25. The van der Waals surface area contributed by atoms with Crippen LogP contribution in [0.2, 0.25) is 0 Å². The zero-order valence-electron chi connectivity index (χ0n) is 15.4. The lowest BCUT2D eigenvalue weighted by Crippen LogP contribution is -1.76. The minimum absolute atomic E-state index is 0.781. The maximum absolute atomic E-state index is 4.36. The standard InChI is InChI=1S/C26H18N2/c1-2-8-21(7-1)15-17-23-11-5-13-25(19-23)27-28-26-14-6-12-24(20-26)18-16-22-9-3-4-10-22/h1-7,9,11-14,19-20H,8,10H2. The maximum Gasteiger partial charge on any atom is 0.0869 e. The molecule has 2 aliphatic rings. The van der Waals surface area contributed by atoms with Gasteiger partial charge in [-0.2, -0.15) is 10.2 Å². The summed E-state index contributed by atoms with van der Waals surface area (Å²) in [4.78, 5) is 0. The van der Waals surface area contributed by atoms with Gasteiger partial charge in [0, 0.05) is 22.3 Å². The molecule has 0 spiro atoms. The predicted octanol–water partition coefficient (Wildman–Crippen LogP) is 6.58. The van der Waals surface area contributed by atoms with Gasteiger partial charge in [-0.15, -0.1) is 0 Å². The average Bonchev–Trinajstić information content (AvgIpc) is 3.44. The summed E-state index contributed by atoms with van der Waals surface area (Å²) in [7, 11) is 0. The third kappa shape index (κ3) is 4.85. The van der Waals surface area contributed by atoms with Gasteiger partial charge in [0.25, 0.3) is 0 Å². The second-order valence-electron chi connectivity index (χ2n) is 6.45. The van der Waals surface area contributed by atoms with E-state index in [0.717, 1.165) is 46.5 Å². The van der Waals surface area contributed by atoms with E-state index in [1.54, 1.807) is 0 Å². The normalized spacial score (nSPS) is 14.3. The van der Waals surface area contributed by atoms with Gasteiger partial charge >= 0.3 is 0 Å². The van der Waals surface area contributed by atoms with Gasteiger partial charge in [-0.05, 0) is 49.2 Å². The Morgan fingerprint density at radius 3 is 1.54 bits per heavy atom. The summed E-state index contributed by atoms with van der Waals surface area (Å²) in [6.07, 6.45) is 14.2. The zero-order chi connectivity index (χ0) is 19.0. The van der Waals surface area contributed by atoms with E-state index in [-0.39, 0.29) is 0 Å². The first-order valence-corrected chi connectivity index (χ1v) is 9.22. The highest BCUT2D eigenvalue weighted by molar-refractivity contribution is 5.52. The van der Waals surface area contributed by atoms with Gasteiger partial charge in [0.2, 0.25) is 0 Å². The molecule has 4 rings (SSSR count). The Labute approximate surface area is 165 Å². The second kappa shape index (κ2) is 8.67. The molecule has 2 nitrogen and oxygen atoms in total. The molecular weight excluding hydrogens is 340 g/mol. The van der Waals surface area contributed by atoms with Crippen LogP contribution in [0.3, 0.4) is 0 Å². The summed E-state index contributed by atoms with van der Waals surface area (Å²) in [6.45, 7) is 0. The van der Waals surface area contributed by atoms with Crippen LogP contribution in [0, 0.1) is 23.7 Å². The van der Waals surface area contributed by atoms with E-state index < -0.39 is 0 Å². The summed E-state index contributed by atoms with van der Waals surface area (Å²) in [5, 5.41) is 8.71. The van der Waals surface area contributed by atoms with Crippen molar-refractivity contribution < 1.29 is 0 Å². The summed E-state index contributed by atoms with van der Waals surface area (Å²) < 4.78 is 0. The molecule has 0 heterocycles. The van der Waals surface area contributed by atoms with E-state index in [2.05, 4.69) is 46.1 Å². The van der Waals surface area contributed by atoms with Crippen molar-refractivity contribution in [3.63, 3.8) is 0 Å². The Morgan fingerprint density at radius 2 is 1.11 bits per heavy atom. The molecule has 0 saturated heterocycles. The summed E-state index contributed by atoms with van der Waals surface area (Å²) in [5.74, 6) is 12.8. The largest absolute Gasteiger partial charge is 0.151 e. The number of benzene rings is 2. The van der Waals surface area contributed by atoms with E-state index in [9.17, 15) is 0 Å². The van der Waals surface area contributed by atoms with Crippen molar-refractivity contribution in [2.24, 2.45) is 10.2 Å². The van der Waals surface area contributed by atoms with E-state index >= 15 is 0 Å². The molecule has 2 aliphatic carbocycles. The molecule has 0 saturated carbocycles. The molecule has 0 N–H and O–H groups in total. The van der Waals surface area contributed by atoms with Crippen molar-refractivity contribution in [3.05, 3.63) is 107 Å². The SMILES string of the molecule is C(#Cc1cccc(N=Nc2cccc(C#CC3=CC=CC3)c2)c1)C1=CC=CC1. The lowest BCUT2D eigenvalue weighted by atomic mass is 10.1. The van der Waals surface area contributed by atoms with Crippen LogP contribution in [0.25, 0.3) is 0 Å². The van der Waals surface area contributed by atoms with Crippen molar-refractivity contribution in [1.82, 2.24) is 0 Å². The zero-order valence-corrected chi connectivity index (χ0v) is 15.4. The van der Waals surface area contributed by atoms with Gasteiger partial charge in [0.05, 0.1) is 11.4 Å². The molecule has 2 heteroatoms. The van der Waals surface area contributed by atoms with E-state index in [1.807, 2.05) is 72.8 Å². The van der Waals surface area contributed by atoms with Crippen molar-refractivity contribution in [3.8, 4) is 23.7 Å². The molecule has 2 aromatic carbocycles. The van der Waals surface area contributed by atoms with E-state index in [4.69, 9.17) is 0 Å². The summed E-state index contributed by atoms with van der Waals surface area (Å²) in [5.41, 5.74) is 5.70. The quantitative estimate of drug-likeness (QED) is 0.428. The van der Waals surface area contributed by atoms with Crippen molar-refractivity contribution in [2.75, 3.05) is 0 Å². The van der Waals surface area contributed by atoms with Crippen LogP contribution in [0.15, 0.2) is 106 Å². The number of rotatable bonds is 2. The van der Waals surface area contributed by atoms with E-state index in [0.29, 0.717) is 0 Å². The van der Waals surface area contributed by atoms with Crippen LogP contribution >= 0.6 is 0 Å². The lowest BCUT2D eigenvalue weighted by molar-refractivity contribution is 1.23. The highest BCUT2D eigenvalue weighted by Gasteiger charge is 1.97. The monoisotopic (exact) mass is 358 g/mol. The minimum Gasteiger partial charge on any atom is -0.151 e. The van der Waals surface area contributed by atoms with Gasteiger partial charge in [0.1, 0.15) is 0 Å². The fourth-order valence-corrected chi connectivity index (χ4v) is 2.79. The van der Waals surface area contributed by atoms with Crippen LogP contribution in [0.1, 0.15) is 24.0 Å². The molecule has 132 valence electrons. The lowest BCUT2D eigenvalue weighted by Gasteiger charge is -1.96. The Morgan fingerprint density at radius 1 is 0.607 bits per heavy atom. The molecule has 0 fully saturated rings. The highest BCUT2D eigenvalue weighted by Crippen LogP contribution is 2.20. The first kappa shape index (κ1) is 17.5. The molecule has 0 radical (unpaired) electrons. The van der Waals surface area contributed by atoms with Crippen molar-refractivity contribution in [2.45, 2.75) is 12.8 Å². The molecular formula is C26H18N2. The van der Waals surface area contributed by atoms with Gasteiger partial charge < -0.3 is 0 Å². The fourth-order valence-electron chi connectivity index (χ4n) is 2.79. The number of allylic oxidation sites excluding steroid dienone is 8. The minimum atomic E-state index is 0.781. The Kier molecular flexibility index (Phi) is 5.43. The second-order valence-corrected chi connectivity index (χ2v) is 6.45. The smallest absolute Gasteiger partial charge is 0.0869 e. The summed E-state index contributed by atoms with van der Waals surface area (Å²) in [6, 6.07) is 15.6. The van der Waals surface area contributed by atoms with E-state index in [1.165, 1.54) is 0 Å². The summed E-state index contributed by atoms with van der Waals surface area (Å²) >= 11 is 0. The van der Waals surface area contributed by atoms with Gasteiger partial charge in [0.15, 0.2) is 0 Å². The molecule has 0 aromatic heterocycles. The molecule has 0 unspecified atom stereocenters. The first-order chi connectivity index (χ1) is 13.8. The van der Waals surface area contributed by atoms with Crippen LogP contribution in [-0.2, 0) is 0 Å². The highest BCUT2D eigenvalue weighted by atomic mass is 15.1. The number of nitrogens with zero attached hydrogens (tertiary/aromatic N) is 2. The fraction of sp³-hybridized carbons (Fsp3) is 0.0769.